The fourth-order valence-electron chi connectivity index (χ4n) is 1.92. The fourth-order valence-corrected chi connectivity index (χ4v) is 2.21. The Hall–Kier alpha value is -2.61. The molecule has 0 unspecified atom stereocenters. The van der Waals surface area contributed by atoms with E-state index in [1.54, 1.807) is 31.2 Å². The van der Waals surface area contributed by atoms with Crippen molar-refractivity contribution in [2.75, 3.05) is 19.0 Å². The fraction of sp³-hybridized carbons (Fsp3) is 0.235. The molecule has 0 atom stereocenters. The van der Waals surface area contributed by atoms with Gasteiger partial charge in [0.05, 0.1) is 16.6 Å². The third-order valence-electron chi connectivity index (χ3n) is 3.21. The summed E-state index contributed by atoms with van der Waals surface area (Å²) in [6.07, 6.45) is 1.52. The van der Waals surface area contributed by atoms with Gasteiger partial charge in [-0.2, -0.15) is 0 Å². The quantitative estimate of drug-likeness (QED) is 0.734. The highest BCUT2D eigenvalue weighted by atomic mass is 79.9. The second kappa shape index (κ2) is 8.48. The summed E-state index contributed by atoms with van der Waals surface area (Å²) in [6, 6.07) is 6.27. The zero-order valence-corrected chi connectivity index (χ0v) is 15.6. The van der Waals surface area contributed by atoms with Gasteiger partial charge in [0, 0.05) is 19.3 Å². The first kappa shape index (κ1) is 18.7. The number of pyridine rings is 1. The van der Waals surface area contributed by atoms with E-state index >= 15 is 0 Å². The van der Waals surface area contributed by atoms with Crippen LogP contribution in [-0.4, -0.2) is 30.6 Å². The lowest BCUT2D eigenvalue weighted by molar-refractivity contribution is 0.0526. The van der Waals surface area contributed by atoms with Crippen LogP contribution in [-0.2, 0) is 4.74 Å². The molecule has 1 heterocycles. The highest BCUT2D eigenvalue weighted by molar-refractivity contribution is 9.10. The molecule has 2 rings (SSSR count). The monoisotopic (exact) mass is 407 g/mol. The van der Waals surface area contributed by atoms with Crippen molar-refractivity contribution in [1.29, 1.82) is 0 Å². The molecule has 2 N–H and O–H groups in total. The van der Waals surface area contributed by atoms with Gasteiger partial charge in [-0.1, -0.05) is 6.07 Å². The van der Waals surface area contributed by atoms with Crippen LogP contribution in [0.3, 0.4) is 0 Å². The van der Waals surface area contributed by atoms with Crippen LogP contribution in [0.1, 0.15) is 22.8 Å². The maximum Gasteiger partial charge on any atom is 0.338 e. The topological polar surface area (TPSA) is 89.5 Å². The maximum absolute atomic E-state index is 11.9. The van der Waals surface area contributed by atoms with Crippen molar-refractivity contribution in [3.05, 3.63) is 46.1 Å². The third kappa shape index (κ3) is 4.93. The van der Waals surface area contributed by atoms with Gasteiger partial charge in [-0.15, -0.1) is 0 Å². The zero-order chi connectivity index (χ0) is 18.4. The Morgan fingerprint density at radius 3 is 2.68 bits per heavy atom. The number of rotatable bonds is 5. The van der Waals surface area contributed by atoms with Crippen LogP contribution in [0.15, 0.2) is 34.9 Å². The first-order valence-corrected chi connectivity index (χ1v) is 8.33. The van der Waals surface area contributed by atoms with E-state index in [1.165, 1.54) is 13.2 Å². The van der Waals surface area contributed by atoms with Crippen LogP contribution in [0.5, 0.6) is 11.5 Å². The van der Waals surface area contributed by atoms with Crippen molar-refractivity contribution in [1.82, 2.24) is 10.3 Å². The Kier molecular flexibility index (Phi) is 6.35. The minimum atomic E-state index is -0.414. The molecule has 2 amide bonds. The molecule has 0 aliphatic heterocycles. The second-order valence-electron chi connectivity index (χ2n) is 5.01. The molecule has 8 heteroatoms. The van der Waals surface area contributed by atoms with Crippen LogP contribution >= 0.6 is 15.9 Å². The number of ether oxygens (including phenoxy) is 2. The molecule has 2 aromatic rings. The lowest BCUT2D eigenvalue weighted by Gasteiger charge is -2.13. The Morgan fingerprint density at radius 2 is 2.00 bits per heavy atom. The van der Waals surface area contributed by atoms with Crippen LogP contribution in [0.4, 0.5) is 10.6 Å². The number of carbonyl (C=O) groups excluding carboxylic acids is 2. The molecular weight excluding hydrogens is 390 g/mol. The number of halogens is 1. The van der Waals surface area contributed by atoms with Gasteiger partial charge in [-0.25, -0.2) is 14.6 Å². The molecule has 0 saturated carbocycles. The van der Waals surface area contributed by atoms with E-state index in [9.17, 15) is 9.59 Å². The number of hydrogen-bond acceptors (Lipinski definition) is 5. The van der Waals surface area contributed by atoms with Gasteiger partial charge in [0.1, 0.15) is 17.3 Å². The van der Waals surface area contributed by atoms with Gasteiger partial charge in [0.25, 0.3) is 0 Å². The van der Waals surface area contributed by atoms with Crippen molar-refractivity contribution in [3.63, 3.8) is 0 Å². The molecule has 0 saturated heterocycles. The zero-order valence-electron chi connectivity index (χ0n) is 14.1. The summed E-state index contributed by atoms with van der Waals surface area (Å²) in [4.78, 5) is 27.4. The summed E-state index contributed by atoms with van der Waals surface area (Å²) < 4.78 is 11.5. The molecule has 0 bridgehead atoms. The molecule has 0 radical (unpaired) electrons. The average Bonchev–Trinajstić information content (AvgIpc) is 2.59. The predicted molar refractivity (Wildman–Crippen MR) is 97.2 cm³/mol. The number of urea groups is 1. The van der Waals surface area contributed by atoms with E-state index in [-0.39, 0.29) is 6.03 Å². The first-order valence-electron chi connectivity index (χ1n) is 7.54. The summed E-state index contributed by atoms with van der Waals surface area (Å²) in [5.41, 5.74) is 1.24. The number of carbonyl (C=O) groups is 2. The highest BCUT2D eigenvalue weighted by Crippen LogP contribution is 2.33. The van der Waals surface area contributed by atoms with Crippen molar-refractivity contribution in [2.45, 2.75) is 13.8 Å². The molecule has 7 nitrogen and oxygen atoms in total. The number of esters is 1. The number of benzene rings is 1. The molecule has 0 aliphatic rings. The van der Waals surface area contributed by atoms with E-state index in [0.717, 1.165) is 5.56 Å². The number of hydrogen-bond donors (Lipinski definition) is 2. The van der Waals surface area contributed by atoms with Crippen molar-refractivity contribution in [3.8, 4) is 11.5 Å². The minimum Gasteiger partial charge on any atom is -0.462 e. The minimum absolute atomic E-state index is 0.299. The van der Waals surface area contributed by atoms with Gasteiger partial charge in [0.15, 0.2) is 0 Å². The molecular formula is C17H18BrN3O4. The van der Waals surface area contributed by atoms with E-state index in [0.29, 0.717) is 34.0 Å². The summed E-state index contributed by atoms with van der Waals surface area (Å²) in [5.74, 6) is 0.869. The van der Waals surface area contributed by atoms with E-state index in [2.05, 4.69) is 31.5 Å². The summed E-state index contributed by atoms with van der Waals surface area (Å²) in [5, 5.41) is 5.01. The van der Waals surface area contributed by atoms with Crippen LogP contribution in [0, 0.1) is 6.92 Å². The standard InChI is InChI=1S/C17H18BrN3O4/c1-4-24-16(22)11-6-5-10(2)13(7-11)25-14-8-15(20-9-12(14)18)21-17(23)19-3/h5-9H,4H2,1-3H3,(H2,19,20,21,23). The normalized spacial score (nSPS) is 10.1. The Balaban J connectivity index is 2.29. The van der Waals surface area contributed by atoms with E-state index in [4.69, 9.17) is 9.47 Å². The summed E-state index contributed by atoms with van der Waals surface area (Å²) >= 11 is 3.36. The molecule has 132 valence electrons. The first-order chi connectivity index (χ1) is 11.9. The molecule has 0 fully saturated rings. The summed E-state index contributed by atoms with van der Waals surface area (Å²) in [6.45, 7) is 3.91. The maximum atomic E-state index is 11.9. The lowest BCUT2D eigenvalue weighted by Crippen LogP contribution is -2.24. The smallest absolute Gasteiger partial charge is 0.338 e. The number of aryl methyl sites for hydroxylation is 1. The molecule has 25 heavy (non-hydrogen) atoms. The van der Waals surface area contributed by atoms with Gasteiger partial charge >= 0.3 is 12.0 Å². The summed E-state index contributed by atoms with van der Waals surface area (Å²) in [7, 11) is 1.51. The van der Waals surface area contributed by atoms with Crippen molar-refractivity contribution in [2.24, 2.45) is 0 Å². The number of amides is 2. The van der Waals surface area contributed by atoms with Gasteiger partial charge in [-0.05, 0) is 47.5 Å². The Morgan fingerprint density at radius 1 is 1.24 bits per heavy atom. The molecule has 0 aliphatic carbocycles. The average molecular weight is 408 g/mol. The molecule has 0 spiro atoms. The lowest BCUT2D eigenvalue weighted by atomic mass is 10.1. The highest BCUT2D eigenvalue weighted by Gasteiger charge is 2.13. The Bertz CT molecular complexity index is 795. The van der Waals surface area contributed by atoms with Crippen LogP contribution < -0.4 is 15.4 Å². The van der Waals surface area contributed by atoms with Gasteiger partial charge < -0.3 is 14.8 Å². The van der Waals surface area contributed by atoms with Gasteiger partial charge in [0.2, 0.25) is 0 Å². The second-order valence-corrected chi connectivity index (χ2v) is 5.86. The van der Waals surface area contributed by atoms with Crippen LogP contribution in [0.2, 0.25) is 0 Å². The van der Waals surface area contributed by atoms with Crippen molar-refractivity contribution < 1.29 is 19.1 Å². The number of nitrogens with zero attached hydrogens (tertiary/aromatic N) is 1. The predicted octanol–water partition coefficient (Wildman–Crippen LogP) is 3.87. The number of nitrogens with one attached hydrogen (secondary N) is 2. The molecule has 1 aromatic carbocycles. The van der Waals surface area contributed by atoms with Gasteiger partial charge in [-0.3, -0.25) is 5.32 Å². The SMILES string of the molecule is CCOC(=O)c1ccc(C)c(Oc2cc(NC(=O)NC)ncc2Br)c1. The third-order valence-corrected chi connectivity index (χ3v) is 3.80. The van der Waals surface area contributed by atoms with E-state index in [1.807, 2.05) is 6.92 Å². The van der Waals surface area contributed by atoms with Crippen LogP contribution in [0.25, 0.3) is 0 Å². The Labute approximate surface area is 153 Å². The molecule has 1 aromatic heterocycles. The number of anilines is 1. The number of aromatic nitrogens is 1. The largest absolute Gasteiger partial charge is 0.462 e. The van der Waals surface area contributed by atoms with Crippen molar-refractivity contribution >= 4 is 33.7 Å². The van der Waals surface area contributed by atoms with E-state index < -0.39 is 5.97 Å².